The number of alkyl halides is 3. The van der Waals surface area contributed by atoms with Crippen molar-refractivity contribution in [1.29, 1.82) is 0 Å². The number of amides is 1. The number of aryl methyl sites for hydroxylation is 1. The molecule has 2 nitrogen and oxygen atoms in total. The minimum Gasteiger partial charge on any atom is -0.339 e. The van der Waals surface area contributed by atoms with Crippen LogP contribution < -0.4 is 0 Å². The van der Waals surface area contributed by atoms with Gasteiger partial charge in [0.1, 0.15) is 0 Å². The maximum Gasteiger partial charge on any atom is 0.391 e. The Morgan fingerprint density at radius 2 is 1.68 bits per heavy atom. The van der Waals surface area contributed by atoms with Gasteiger partial charge in [-0.05, 0) is 31.9 Å². The van der Waals surface area contributed by atoms with E-state index in [1.807, 2.05) is 19.1 Å². The van der Waals surface area contributed by atoms with Gasteiger partial charge in [0, 0.05) is 18.7 Å². The highest BCUT2D eigenvalue weighted by atomic mass is 19.4. The molecule has 0 radical (unpaired) electrons. The summed E-state index contributed by atoms with van der Waals surface area (Å²) in [5.74, 6) is -1.45. The monoisotopic (exact) mass is 271 g/mol. The molecule has 1 aliphatic heterocycles. The number of hydrogen-bond donors (Lipinski definition) is 0. The summed E-state index contributed by atoms with van der Waals surface area (Å²) >= 11 is 0. The number of halogens is 3. The van der Waals surface area contributed by atoms with E-state index >= 15 is 0 Å². The Labute approximate surface area is 110 Å². The summed E-state index contributed by atoms with van der Waals surface area (Å²) in [6, 6.07) is 7.09. The third-order valence-corrected chi connectivity index (χ3v) is 3.54. The highest BCUT2D eigenvalue weighted by Crippen LogP contribution is 2.34. The van der Waals surface area contributed by atoms with Crippen LogP contribution in [0, 0.1) is 12.8 Å². The molecule has 19 heavy (non-hydrogen) atoms. The second-order valence-electron chi connectivity index (χ2n) is 4.97. The first-order chi connectivity index (χ1) is 8.88. The van der Waals surface area contributed by atoms with Crippen LogP contribution >= 0.6 is 0 Å². The number of nitrogens with zero attached hydrogens (tertiary/aromatic N) is 1. The minimum atomic E-state index is -4.14. The van der Waals surface area contributed by atoms with Crippen LogP contribution in [0.4, 0.5) is 13.2 Å². The molecule has 0 bridgehead atoms. The van der Waals surface area contributed by atoms with E-state index in [0.29, 0.717) is 5.56 Å². The van der Waals surface area contributed by atoms with Crippen LogP contribution in [0.5, 0.6) is 0 Å². The number of carbonyl (C=O) groups is 1. The van der Waals surface area contributed by atoms with Gasteiger partial charge in [-0.25, -0.2) is 0 Å². The third kappa shape index (κ3) is 3.28. The molecule has 0 N–H and O–H groups in total. The van der Waals surface area contributed by atoms with Gasteiger partial charge in [0.25, 0.3) is 5.91 Å². The summed E-state index contributed by atoms with van der Waals surface area (Å²) in [7, 11) is 0. The number of carbonyl (C=O) groups excluding carboxylic acids is 1. The lowest BCUT2D eigenvalue weighted by Crippen LogP contribution is -2.42. The van der Waals surface area contributed by atoms with Crippen molar-refractivity contribution in [3.63, 3.8) is 0 Å². The number of piperidine rings is 1. The van der Waals surface area contributed by atoms with Crippen LogP contribution in [0.2, 0.25) is 0 Å². The highest BCUT2D eigenvalue weighted by Gasteiger charge is 2.41. The van der Waals surface area contributed by atoms with E-state index in [1.165, 1.54) is 4.90 Å². The number of hydrogen-bond acceptors (Lipinski definition) is 1. The summed E-state index contributed by atoms with van der Waals surface area (Å²) in [4.78, 5) is 13.6. The molecule has 104 valence electrons. The maximum absolute atomic E-state index is 12.5. The zero-order chi connectivity index (χ0) is 14.0. The molecule has 1 heterocycles. The first-order valence-electron chi connectivity index (χ1n) is 6.30. The molecular formula is C14H16F3NO. The molecule has 0 aromatic heterocycles. The van der Waals surface area contributed by atoms with Crippen LogP contribution in [-0.4, -0.2) is 30.1 Å². The molecule has 1 aromatic carbocycles. The molecule has 0 spiro atoms. The van der Waals surface area contributed by atoms with Gasteiger partial charge in [-0.2, -0.15) is 13.2 Å². The first-order valence-corrected chi connectivity index (χ1v) is 6.30. The Bertz CT molecular complexity index is 445. The van der Waals surface area contributed by atoms with E-state index < -0.39 is 12.1 Å². The molecule has 1 aliphatic rings. The molecule has 0 saturated carbocycles. The van der Waals surface area contributed by atoms with E-state index in [-0.39, 0.29) is 31.8 Å². The second-order valence-corrected chi connectivity index (χ2v) is 4.97. The summed E-state index contributed by atoms with van der Waals surface area (Å²) in [5, 5.41) is 0. The summed E-state index contributed by atoms with van der Waals surface area (Å²) in [5.41, 5.74) is 1.59. The van der Waals surface area contributed by atoms with Crippen molar-refractivity contribution >= 4 is 5.91 Å². The summed E-state index contributed by atoms with van der Waals surface area (Å²) in [6.45, 7) is 2.27. The highest BCUT2D eigenvalue weighted by molar-refractivity contribution is 5.94. The standard InChI is InChI=1S/C14H16F3NO/c1-10-2-4-11(5-3-10)13(19)18-8-6-12(7-9-18)14(15,16)17/h2-5,12H,6-9H2,1H3. The van der Waals surface area contributed by atoms with Crippen molar-refractivity contribution in [2.75, 3.05) is 13.1 Å². The van der Waals surface area contributed by atoms with Gasteiger partial charge in [-0.3, -0.25) is 4.79 Å². The third-order valence-electron chi connectivity index (χ3n) is 3.54. The van der Waals surface area contributed by atoms with Crippen molar-refractivity contribution in [2.45, 2.75) is 25.9 Å². The maximum atomic E-state index is 12.5. The fraction of sp³-hybridized carbons (Fsp3) is 0.500. The molecule has 0 atom stereocenters. The second kappa shape index (κ2) is 5.23. The fourth-order valence-electron chi connectivity index (χ4n) is 2.29. The molecule has 0 aliphatic carbocycles. The molecule has 0 unspecified atom stereocenters. The van der Waals surface area contributed by atoms with Gasteiger partial charge in [0.2, 0.25) is 0 Å². The van der Waals surface area contributed by atoms with Gasteiger partial charge in [-0.1, -0.05) is 17.7 Å². The Morgan fingerprint density at radius 3 is 2.16 bits per heavy atom. The zero-order valence-corrected chi connectivity index (χ0v) is 10.7. The summed E-state index contributed by atoms with van der Waals surface area (Å²) < 4.78 is 37.6. The van der Waals surface area contributed by atoms with Crippen molar-refractivity contribution in [2.24, 2.45) is 5.92 Å². The number of likely N-dealkylation sites (tertiary alicyclic amines) is 1. The molecule has 1 amide bonds. The average molecular weight is 271 g/mol. The molecule has 1 aromatic rings. The number of benzene rings is 1. The fourth-order valence-corrected chi connectivity index (χ4v) is 2.29. The zero-order valence-electron chi connectivity index (χ0n) is 10.7. The minimum absolute atomic E-state index is 0.00109. The first kappa shape index (κ1) is 13.9. The molecule has 2 rings (SSSR count). The van der Waals surface area contributed by atoms with E-state index in [9.17, 15) is 18.0 Å². The smallest absolute Gasteiger partial charge is 0.339 e. The lowest BCUT2D eigenvalue weighted by Gasteiger charge is -2.33. The molecule has 1 fully saturated rings. The van der Waals surface area contributed by atoms with Crippen LogP contribution in [0.3, 0.4) is 0 Å². The lowest BCUT2D eigenvalue weighted by molar-refractivity contribution is -0.183. The Morgan fingerprint density at radius 1 is 1.16 bits per heavy atom. The molecule has 5 heteroatoms. The Hall–Kier alpha value is -1.52. The average Bonchev–Trinajstić information content (AvgIpc) is 2.38. The Balaban J connectivity index is 1.98. The SMILES string of the molecule is Cc1ccc(C(=O)N2CCC(C(F)(F)F)CC2)cc1. The largest absolute Gasteiger partial charge is 0.391 e. The van der Waals surface area contributed by atoms with Gasteiger partial charge >= 0.3 is 6.18 Å². The van der Waals surface area contributed by atoms with Crippen LogP contribution in [0.15, 0.2) is 24.3 Å². The normalized spacial score (nSPS) is 17.6. The molecule has 1 saturated heterocycles. The predicted octanol–water partition coefficient (Wildman–Crippen LogP) is 3.41. The van der Waals surface area contributed by atoms with Crippen LogP contribution in [-0.2, 0) is 0 Å². The van der Waals surface area contributed by atoms with Crippen LogP contribution in [0.25, 0.3) is 0 Å². The molecular weight excluding hydrogens is 255 g/mol. The topological polar surface area (TPSA) is 20.3 Å². The Kier molecular flexibility index (Phi) is 3.83. The van der Waals surface area contributed by atoms with Crippen molar-refractivity contribution in [1.82, 2.24) is 4.90 Å². The van der Waals surface area contributed by atoms with Gasteiger partial charge in [-0.15, -0.1) is 0 Å². The van der Waals surface area contributed by atoms with Gasteiger partial charge < -0.3 is 4.90 Å². The quantitative estimate of drug-likeness (QED) is 0.766. The van der Waals surface area contributed by atoms with Gasteiger partial charge in [0.05, 0.1) is 5.92 Å². The van der Waals surface area contributed by atoms with Crippen LogP contribution in [0.1, 0.15) is 28.8 Å². The lowest BCUT2D eigenvalue weighted by atomic mass is 9.96. The van der Waals surface area contributed by atoms with E-state index in [2.05, 4.69) is 0 Å². The predicted molar refractivity (Wildman–Crippen MR) is 65.9 cm³/mol. The van der Waals surface area contributed by atoms with Crippen molar-refractivity contribution in [3.8, 4) is 0 Å². The van der Waals surface area contributed by atoms with Crippen molar-refractivity contribution < 1.29 is 18.0 Å². The van der Waals surface area contributed by atoms with Crippen molar-refractivity contribution in [3.05, 3.63) is 35.4 Å². The van der Waals surface area contributed by atoms with E-state index in [4.69, 9.17) is 0 Å². The van der Waals surface area contributed by atoms with Gasteiger partial charge in [0.15, 0.2) is 0 Å². The van der Waals surface area contributed by atoms with E-state index in [0.717, 1.165) is 5.56 Å². The van der Waals surface area contributed by atoms with E-state index in [1.54, 1.807) is 12.1 Å². The summed E-state index contributed by atoms with van der Waals surface area (Å²) in [6.07, 6.45) is -4.14. The number of rotatable bonds is 1.